The quantitative estimate of drug-likeness (QED) is 0.566. The molecule has 3 N–H and O–H groups in total. The largest absolute Gasteiger partial charge is 0.493 e. The van der Waals surface area contributed by atoms with Crippen molar-refractivity contribution in [3.05, 3.63) is 29.3 Å². The zero-order valence-corrected chi connectivity index (χ0v) is 18.0. The Bertz CT molecular complexity index is 682. The third-order valence-electron chi connectivity index (χ3n) is 5.39. The average molecular weight is 385 g/mol. The third-order valence-corrected chi connectivity index (χ3v) is 6.00. The highest BCUT2D eigenvalue weighted by molar-refractivity contribution is 7.87. The van der Waals surface area contributed by atoms with E-state index in [1.54, 1.807) is 0 Å². The standard InChI is InChI=1S/C20H36N2O3S/c1-7-19(3,4)16-11-12-18(17(15-16)20(5,6)8-2)25-14-10-9-13-22-26(21,23)24/h11-12,15,22H,7-10,13-14H2,1-6H3,(H2,21,23,24). The van der Waals surface area contributed by atoms with Crippen LogP contribution >= 0.6 is 0 Å². The monoisotopic (exact) mass is 384 g/mol. The summed E-state index contributed by atoms with van der Waals surface area (Å²) in [6.45, 7) is 14.3. The molecule has 0 aliphatic heterocycles. The minimum absolute atomic E-state index is 0.0321. The predicted octanol–water partition coefficient (Wildman–Crippen LogP) is 4.01. The molecule has 0 aliphatic carbocycles. The van der Waals surface area contributed by atoms with Crippen LogP contribution < -0.4 is 14.6 Å². The number of hydrogen-bond acceptors (Lipinski definition) is 3. The maximum atomic E-state index is 10.8. The van der Waals surface area contributed by atoms with Gasteiger partial charge in [0.2, 0.25) is 0 Å². The first-order valence-electron chi connectivity index (χ1n) is 9.48. The number of rotatable bonds is 11. The number of nitrogens with two attached hydrogens (primary N) is 1. The fourth-order valence-corrected chi connectivity index (χ4v) is 3.05. The van der Waals surface area contributed by atoms with E-state index in [9.17, 15) is 8.42 Å². The Morgan fingerprint density at radius 1 is 1.04 bits per heavy atom. The highest BCUT2D eigenvalue weighted by Gasteiger charge is 2.26. The molecule has 0 saturated carbocycles. The Labute approximate surface area is 159 Å². The fraction of sp³-hybridized carbons (Fsp3) is 0.700. The van der Waals surface area contributed by atoms with Crippen molar-refractivity contribution in [2.45, 2.75) is 78.1 Å². The first-order chi connectivity index (χ1) is 11.9. The van der Waals surface area contributed by atoms with E-state index in [-0.39, 0.29) is 10.8 Å². The van der Waals surface area contributed by atoms with Crippen molar-refractivity contribution in [2.75, 3.05) is 13.2 Å². The molecule has 0 saturated heterocycles. The van der Waals surface area contributed by atoms with Crippen LogP contribution in [0.5, 0.6) is 5.75 Å². The third kappa shape index (κ3) is 6.89. The zero-order valence-electron chi connectivity index (χ0n) is 17.2. The van der Waals surface area contributed by atoms with Crippen molar-refractivity contribution in [1.29, 1.82) is 0 Å². The molecule has 0 fully saturated rings. The number of unbranched alkanes of at least 4 members (excludes halogenated alkanes) is 1. The summed E-state index contributed by atoms with van der Waals surface area (Å²) in [5, 5.41) is 4.91. The summed E-state index contributed by atoms with van der Waals surface area (Å²) in [6.07, 6.45) is 3.55. The number of benzene rings is 1. The molecule has 1 rings (SSSR count). The van der Waals surface area contributed by atoms with Crippen LogP contribution in [-0.4, -0.2) is 21.6 Å². The van der Waals surface area contributed by atoms with E-state index in [1.807, 2.05) is 0 Å². The molecule has 0 aromatic heterocycles. The maximum absolute atomic E-state index is 10.8. The highest BCUT2D eigenvalue weighted by Crippen LogP contribution is 2.38. The number of ether oxygens (including phenoxy) is 1. The molecule has 150 valence electrons. The van der Waals surface area contributed by atoms with Crippen molar-refractivity contribution < 1.29 is 13.2 Å². The zero-order chi connectivity index (χ0) is 20.0. The van der Waals surface area contributed by atoms with Gasteiger partial charge in [0.15, 0.2) is 0 Å². The van der Waals surface area contributed by atoms with Crippen LogP contribution in [-0.2, 0) is 21.0 Å². The molecule has 1 aromatic carbocycles. The maximum Gasteiger partial charge on any atom is 0.274 e. The van der Waals surface area contributed by atoms with Gasteiger partial charge in [-0.25, -0.2) is 9.86 Å². The molecule has 0 unspecified atom stereocenters. The van der Waals surface area contributed by atoms with Gasteiger partial charge in [-0.1, -0.05) is 53.7 Å². The second-order valence-corrected chi connectivity index (χ2v) is 9.56. The molecule has 0 spiro atoms. The Hall–Kier alpha value is -1.11. The van der Waals surface area contributed by atoms with Crippen LogP contribution in [0.1, 0.15) is 78.4 Å². The molecule has 0 aliphatic rings. The van der Waals surface area contributed by atoms with Crippen LogP contribution in [0.15, 0.2) is 18.2 Å². The normalized spacial score (nSPS) is 13.0. The van der Waals surface area contributed by atoms with E-state index < -0.39 is 10.2 Å². The lowest BCUT2D eigenvalue weighted by atomic mass is 9.76. The van der Waals surface area contributed by atoms with Gasteiger partial charge in [-0.15, -0.1) is 0 Å². The molecule has 1 aromatic rings. The molecule has 0 atom stereocenters. The van der Waals surface area contributed by atoms with E-state index in [0.29, 0.717) is 19.6 Å². The van der Waals surface area contributed by atoms with Gasteiger partial charge in [-0.3, -0.25) is 0 Å². The number of nitrogens with one attached hydrogen (secondary N) is 1. The Morgan fingerprint density at radius 2 is 1.65 bits per heavy atom. The van der Waals surface area contributed by atoms with Crippen LogP contribution in [0.25, 0.3) is 0 Å². The van der Waals surface area contributed by atoms with Gasteiger partial charge in [0.05, 0.1) is 6.61 Å². The SMILES string of the molecule is CCC(C)(C)c1ccc(OCCCCNS(N)(=O)=O)c(C(C)(C)CC)c1. The summed E-state index contributed by atoms with van der Waals surface area (Å²) in [7, 11) is -3.61. The predicted molar refractivity (Wildman–Crippen MR) is 109 cm³/mol. The summed E-state index contributed by atoms with van der Waals surface area (Å²) < 4.78 is 30.0. The summed E-state index contributed by atoms with van der Waals surface area (Å²) in [4.78, 5) is 0. The lowest BCUT2D eigenvalue weighted by molar-refractivity contribution is 0.296. The van der Waals surface area contributed by atoms with E-state index >= 15 is 0 Å². The molecule has 0 amide bonds. The van der Waals surface area contributed by atoms with Crippen LogP contribution in [0.4, 0.5) is 0 Å². The minimum atomic E-state index is -3.61. The first kappa shape index (κ1) is 22.9. The Balaban J connectivity index is 2.84. The number of hydrogen-bond donors (Lipinski definition) is 2. The summed E-state index contributed by atoms with van der Waals surface area (Å²) in [5.74, 6) is 0.923. The molecule has 0 bridgehead atoms. The van der Waals surface area contributed by atoms with Crippen molar-refractivity contribution in [1.82, 2.24) is 4.72 Å². The van der Waals surface area contributed by atoms with Crippen LogP contribution in [0.2, 0.25) is 0 Å². The van der Waals surface area contributed by atoms with E-state index in [2.05, 4.69) is 64.5 Å². The topological polar surface area (TPSA) is 81.4 Å². The van der Waals surface area contributed by atoms with Gasteiger partial charge in [0.1, 0.15) is 5.75 Å². The Morgan fingerprint density at radius 3 is 2.19 bits per heavy atom. The van der Waals surface area contributed by atoms with Gasteiger partial charge >= 0.3 is 0 Å². The van der Waals surface area contributed by atoms with Crippen molar-refractivity contribution >= 4 is 10.2 Å². The van der Waals surface area contributed by atoms with E-state index in [4.69, 9.17) is 9.88 Å². The average Bonchev–Trinajstić information content (AvgIpc) is 2.56. The lowest BCUT2D eigenvalue weighted by Crippen LogP contribution is -2.31. The molecule has 26 heavy (non-hydrogen) atoms. The summed E-state index contributed by atoms with van der Waals surface area (Å²) in [6, 6.07) is 6.55. The highest BCUT2D eigenvalue weighted by atomic mass is 32.2. The summed E-state index contributed by atoms with van der Waals surface area (Å²) in [5.41, 5.74) is 2.74. The molecule has 0 radical (unpaired) electrons. The van der Waals surface area contributed by atoms with Gasteiger partial charge < -0.3 is 4.74 Å². The second-order valence-electron chi connectivity index (χ2n) is 8.18. The van der Waals surface area contributed by atoms with Crippen LogP contribution in [0, 0.1) is 0 Å². The van der Waals surface area contributed by atoms with Crippen molar-refractivity contribution in [2.24, 2.45) is 5.14 Å². The van der Waals surface area contributed by atoms with Gasteiger partial charge in [0.25, 0.3) is 10.2 Å². The van der Waals surface area contributed by atoms with Crippen molar-refractivity contribution in [3.63, 3.8) is 0 Å². The van der Waals surface area contributed by atoms with Gasteiger partial charge in [-0.05, 0) is 48.1 Å². The first-order valence-corrected chi connectivity index (χ1v) is 11.0. The molecule has 5 nitrogen and oxygen atoms in total. The Kier molecular flexibility index (Phi) is 8.11. The molecular formula is C20H36N2O3S. The molecule has 0 heterocycles. The van der Waals surface area contributed by atoms with Gasteiger partial charge in [0, 0.05) is 12.1 Å². The van der Waals surface area contributed by atoms with Crippen molar-refractivity contribution in [3.8, 4) is 5.75 Å². The smallest absolute Gasteiger partial charge is 0.274 e. The van der Waals surface area contributed by atoms with E-state index in [1.165, 1.54) is 11.1 Å². The molecular weight excluding hydrogens is 348 g/mol. The lowest BCUT2D eigenvalue weighted by Gasteiger charge is -2.30. The second kappa shape index (κ2) is 9.20. The fourth-order valence-electron chi connectivity index (χ4n) is 2.62. The van der Waals surface area contributed by atoms with Gasteiger partial charge in [-0.2, -0.15) is 8.42 Å². The molecule has 6 heteroatoms. The minimum Gasteiger partial charge on any atom is -0.493 e. The van der Waals surface area contributed by atoms with E-state index in [0.717, 1.165) is 25.0 Å². The summed E-state index contributed by atoms with van der Waals surface area (Å²) >= 11 is 0. The van der Waals surface area contributed by atoms with Crippen LogP contribution in [0.3, 0.4) is 0 Å².